The topological polar surface area (TPSA) is 15.3 Å². The van der Waals surface area contributed by atoms with E-state index in [1.165, 1.54) is 12.1 Å². The number of rotatable bonds is 4. The molecule has 0 unspecified atom stereocenters. The van der Waals surface area contributed by atoms with Gasteiger partial charge in [0, 0.05) is 44.2 Å². The van der Waals surface area contributed by atoms with Crippen LogP contribution in [-0.4, -0.2) is 37.5 Å². The first-order chi connectivity index (χ1) is 9.09. The molecule has 1 fully saturated rings. The Morgan fingerprint density at radius 2 is 1.80 bits per heavy atom. The Bertz CT molecular complexity index is 425. The third-order valence-corrected chi connectivity index (χ3v) is 3.33. The maximum atomic E-state index is 13.8. The second kappa shape index (κ2) is 7.81. The zero-order valence-electron chi connectivity index (χ0n) is 10.8. The number of nitrogens with one attached hydrogen (secondary N) is 1. The van der Waals surface area contributed by atoms with Crippen molar-refractivity contribution in [3.63, 3.8) is 0 Å². The Hall–Kier alpha value is -0.850. The van der Waals surface area contributed by atoms with Crippen LogP contribution < -0.4 is 5.32 Å². The Labute approximate surface area is 121 Å². The van der Waals surface area contributed by atoms with Crippen LogP contribution in [0.4, 0.5) is 17.6 Å². The Balaban J connectivity index is 0.00000200. The molecule has 1 atom stereocenters. The second-order valence-corrected chi connectivity index (χ2v) is 4.57. The highest BCUT2D eigenvalue weighted by Gasteiger charge is 2.28. The van der Waals surface area contributed by atoms with Crippen LogP contribution in [0.25, 0.3) is 0 Å². The summed E-state index contributed by atoms with van der Waals surface area (Å²) in [4.78, 5) is 1.78. The van der Waals surface area contributed by atoms with Crippen molar-refractivity contribution in [3.8, 4) is 0 Å². The summed E-state index contributed by atoms with van der Waals surface area (Å²) < 4.78 is 52.4. The standard InChI is InChI=1S/C13H16F4N2.ClH/c14-10-3-1-2-9(13(10)17)11(8-12(15)16)19-6-4-18-5-7-19;/h1-3,11-12,18H,4-8H2;1H/t11-;/m0./s1. The summed E-state index contributed by atoms with van der Waals surface area (Å²) in [6.45, 7) is 2.42. The van der Waals surface area contributed by atoms with E-state index >= 15 is 0 Å². The summed E-state index contributed by atoms with van der Waals surface area (Å²) in [5, 5.41) is 3.10. The maximum Gasteiger partial charge on any atom is 0.240 e. The molecule has 1 aromatic rings. The van der Waals surface area contributed by atoms with Gasteiger partial charge in [-0.2, -0.15) is 0 Å². The lowest BCUT2D eigenvalue weighted by Crippen LogP contribution is -2.45. The lowest BCUT2D eigenvalue weighted by molar-refractivity contribution is 0.0722. The predicted molar refractivity (Wildman–Crippen MR) is 71.4 cm³/mol. The second-order valence-electron chi connectivity index (χ2n) is 4.57. The lowest BCUT2D eigenvalue weighted by Gasteiger charge is -2.35. The monoisotopic (exact) mass is 312 g/mol. The average molecular weight is 313 g/mol. The fourth-order valence-corrected chi connectivity index (χ4v) is 2.41. The highest BCUT2D eigenvalue weighted by Crippen LogP contribution is 2.30. The molecule has 1 saturated heterocycles. The van der Waals surface area contributed by atoms with E-state index in [9.17, 15) is 17.6 Å². The van der Waals surface area contributed by atoms with E-state index in [1.807, 2.05) is 0 Å². The Kier molecular flexibility index (Phi) is 6.71. The van der Waals surface area contributed by atoms with Crippen LogP contribution in [-0.2, 0) is 0 Å². The molecule has 0 spiro atoms. The fraction of sp³-hybridized carbons (Fsp3) is 0.538. The van der Waals surface area contributed by atoms with Gasteiger partial charge in [-0.1, -0.05) is 12.1 Å². The minimum Gasteiger partial charge on any atom is -0.314 e. The first-order valence-corrected chi connectivity index (χ1v) is 6.26. The lowest BCUT2D eigenvalue weighted by atomic mass is 10.0. The number of piperazine rings is 1. The van der Waals surface area contributed by atoms with E-state index in [0.717, 1.165) is 6.07 Å². The third kappa shape index (κ3) is 4.07. The molecule has 0 bridgehead atoms. The number of nitrogens with zero attached hydrogens (tertiary/aromatic N) is 1. The number of alkyl halides is 2. The Morgan fingerprint density at radius 1 is 1.15 bits per heavy atom. The normalized spacial score (nSPS) is 17.9. The molecule has 2 rings (SSSR count). The summed E-state index contributed by atoms with van der Waals surface area (Å²) in [7, 11) is 0. The van der Waals surface area contributed by atoms with Gasteiger partial charge in [-0.3, -0.25) is 4.90 Å². The van der Waals surface area contributed by atoms with Gasteiger partial charge in [-0.15, -0.1) is 12.4 Å². The van der Waals surface area contributed by atoms with Crippen molar-refractivity contribution < 1.29 is 17.6 Å². The minimum atomic E-state index is -2.55. The van der Waals surface area contributed by atoms with Gasteiger partial charge in [-0.05, 0) is 6.07 Å². The van der Waals surface area contributed by atoms with Gasteiger partial charge in [0.15, 0.2) is 11.6 Å². The molecule has 20 heavy (non-hydrogen) atoms. The minimum absolute atomic E-state index is 0. The van der Waals surface area contributed by atoms with Gasteiger partial charge < -0.3 is 5.32 Å². The quantitative estimate of drug-likeness (QED) is 0.860. The summed E-state index contributed by atoms with van der Waals surface area (Å²) in [5.41, 5.74) is 0.0159. The summed E-state index contributed by atoms with van der Waals surface area (Å²) >= 11 is 0. The first-order valence-electron chi connectivity index (χ1n) is 6.26. The van der Waals surface area contributed by atoms with Gasteiger partial charge in [0.05, 0.1) is 0 Å². The van der Waals surface area contributed by atoms with Crippen molar-refractivity contribution >= 4 is 12.4 Å². The molecule has 0 radical (unpaired) electrons. The van der Waals surface area contributed by atoms with Crippen LogP contribution in [0.15, 0.2) is 18.2 Å². The van der Waals surface area contributed by atoms with Gasteiger partial charge in [-0.25, -0.2) is 17.6 Å². The molecule has 1 heterocycles. The highest BCUT2D eigenvalue weighted by molar-refractivity contribution is 5.85. The van der Waals surface area contributed by atoms with Gasteiger partial charge in [0.2, 0.25) is 6.43 Å². The maximum absolute atomic E-state index is 13.8. The van der Waals surface area contributed by atoms with Crippen molar-refractivity contribution in [3.05, 3.63) is 35.4 Å². The molecular formula is C13H17ClF4N2. The summed E-state index contributed by atoms with van der Waals surface area (Å²) in [5.74, 6) is -2.02. The van der Waals surface area contributed by atoms with Crippen molar-refractivity contribution in [2.24, 2.45) is 0 Å². The highest BCUT2D eigenvalue weighted by atomic mass is 35.5. The first kappa shape index (κ1) is 17.2. The Morgan fingerprint density at radius 3 is 2.40 bits per heavy atom. The van der Waals surface area contributed by atoms with E-state index in [-0.39, 0.29) is 18.0 Å². The van der Waals surface area contributed by atoms with Crippen LogP contribution in [0.5, 0.6) is 0 Å². The molecule has 0 aromatic heterocycles. The molecule has 1 aliphatic rings. The van der Waals surface area contributed by atoms with Crippen molar-refractivity contribution in [1.82, 2.24) is 10.2 Å². The van der Waals surface area contributed by atoms with Gasteiger partial charge in [0.1, 0.15) is 0 Å². The van der Waals surface area contributed by atoms with Crippen molar-refractivity contribution in [1.29, 1.82) is 0 Å². The molecule has 7 heteroatoms. The van der Waals surface area contributed by atoms with Crippen LogP contribution in [0.2, 0.25) is 0 Å². The number of hydrogen-bond acceptors (Lipinski definition) is 2. The zero-order valence-corrected chi connectivity index (χ0v) is 11.6. The average Bonchev–Trinajstić information content (AvgIpc) is 2.40. The molecule has 0 aliphatic carbocycles. The van der Waals surface area contributed by atoms with Crippen LogP contribution in [0, 0.1) is 11.6 Å². The predicted octanol–water partition coefficient (Wildman–Crippen LogP) is 2.99. The number of benzene rings is 1. The van der Waals surface area contributed by atoms with E-state index in [4.69, 9.17) is 0 Å². The molecular weight excluding hydrogens is 296 g/mol. The molecule has 0 saturated carbocycles. The smallest absolute Gasteiger partial charge is 0.240 e. The van der Waals surface area contributed by atoms with E-state index in [0.29, 0.717) is 26.2 Å². The molecule has 1 N–H and O–H groups in total. The molecule has 2 nitrogen and oxygen atoms in total. The van der Waals surface area contributed by atoms with E-state index in [1.54, 1.807) is 4.90 Å². The largest absolute Gasteiger partial charge is 0.314 e. The zero-order chi connectivity index (χ0) is 13.8. The molecule has 0 amide bonds. The number of halogens is 5. The van der Waals surface area contributed by atoms with Crippen molar-refractivity contribution in [2.75, 3.05) is 26.2 Å². The summed E-state index contributed by atoms with van der Waals surface area (Å²) in [6, 6.07) is 2.95. The van der Waals surface area contributed by atoms with Gasteiger partial charge in [0.25, 0.3) is 0 Å². The number of hydrogen-bond donors (Lipinski definition) is 1. The molecule has 1 aliphatic heterocycles. The molecule has 114 valence electrons. The fourth-order valence-electron chi connectivity index (χ4n) is 2.41. The van der Waals surface area contributed by atoms with Crippen LogP contribution in [0.1, 0.15) is 18.0 Å². The third-order valence-electron chi connectivity index (χ3n) is 3.33. The van der Waals surface area contributed by atoms with Crippen LogP contribution >= 0.6 is 12.4 Å². The van der Waals surface area contributed by atoms with Crippen molar-refractivity contribution in [2.45, 2.75) is 18.9 Å². The summed E-state index contributed by atoms with van der Waals surface area (Å²) in [6.07, 6.45) is -3.04. The van der Waals surface area contributed by atoms with Crippen LogP contribution in [0.3, 0.4) is 0 Å². The van der Waals surface area contributed by atoms with E-state index in [2.05, 4.69) is 5.32 Å². The molecule has 1 aromatic carbocycles. The van der Waals surface area contributed by atoms with E-state index < -0.39 is 30.5 Å². The SMILES string of the molecule is Cl.Fc1cccc([C@H](CC(F)F)N2CCNCC2)c1F. The van der Waals surface area contributed by atoms with Gasteiger partial charge >= 0.3 is 0 Å².